The molecule has 1 heterocycles. The molecule has 0 aromatic rings. The van der Waals surface area contributed by atoms with Crippen molar-refractivity contribution in [3.05, 3.63) is 0 Å². The molecule has 68 valence electrons. The van der Waals surface area contributed by atoms with Gasteiger partial charge >= 0.3 is 0 Å². The summed E-state index contributed by atoms with van der Waals surface area (Å²) in [6.45, 7) is 5.44. The first-order valence-electron chi connectivity index (χ1n) is 4.20. The molecule has 1 unspecified atom stereocenters. The molecule has 1 atom stereocenters. The van der Waals surface area contributed by atoms with Crippen LogP contribution in [0.3, 0.4) is 0 Å². The molecule has 0 saturated carbocycles. The van der Waals surface area contributed by atoms with E-state index in [-0.39, 0.29) is 18.2 Å². The van der Waals surface area contributed by atoms with Gasteiger partial charge in [-0.1, -0.05) is 6.92 Å². The van der Waals surface area contributed by atoms with Crippen LogP contribution < -0.4 is 0 Å². The van der Waals surface area contributed by atoms with Gasteiger partial charge in [0.15, 0.2) is 5.78 Å². The van der Waals surface area contributed by atoms with E-state index < -0.39 is 11.5 Å². The minimum Gasteiger partial charge on any atom is -0.367 e. The number of carbonyl (C=O) groups excluding carboxylic acids is 2. The molecule has 0 aromatic carbocycles. The second-order valence-corrected chi connectivity index (χ2v) is 3.56. The molecule has 0 aliphatic carbocycles. The zero-order valence-corrected chi connectivity index (χ0v) is 7.72. The van der Waals surface area contributed by atoms with Crippen molar-refractivity contribution in [2.75, 3.05) is 6.61 Å². The van der Waals surface area contributed by atoms with E-state index in [2.05, 4.69) is 0 Å². The molecule has 3 nitrogen and oxygen atoms in total. The Morgan fingerprint density at radius 1 is 1.67 bits per heavy atom. The standard InChI is InChI=1S/C9H14O3/c1-4-7(10)6-5-12-9(2,3)8(6)11/h6H,4-5H2,1-3H3. The van der Waals surface area contributed by atoms with Crippen LogP contribution in [0.2, 0.25) is 0 Å². The monoisotopic (exact) mass is 170 g/mol. The number of hydrogen-bond donors (Lipinski definition) is 0. The van der Waals surface area contributed by atoms with E-state index in [1.807, 2.05) is 0 Å². The van der Waals surface area contributed by atoms with Gasteiger partial charge in [0, 0.05) is 6.42 Å². The second kappa shape index (κ2) is 2.98. The molecular formula is C9H14O3. The molecule has 0 aromatic heterocycles. The lowest BCUT2D eigenvalue weighted by molar-refractivity contribution is -0.134. The fraction of sp³-hybridized carbons (Fsp3) is 0.778. The van der Waals surface area contributed by atoms with Gasteiger partial charge in [-0.3, -0.25) is 9.59 Å². The topological polar surface area (TPSA) is 43.4 Å². The summed E-state index contributed by atoms with van der Waals surface area (Å²) >= 11 is 0. The fourth-order valence-corrected chi connectivity index (χ4v) is 1.34. The highest BCUT2D eigenvalue weighted by atomic mass is 16.5. The Morgan fingerprint density at radius 3 is 2.58 bits per heavy atom. The summed E-state index contributed by atoms with van der Waals surface area (Å²) in [6, 6.07) is 0. The lowest BCUT2D eigenvalue weighted by atomic mass is 9.92. The van der Waals surface area contributed by atoms with Crippen LogP contribution in [-0.4, -0.2) is 23.8 Å². The van der Waals surface area contributed by atoms with E-state index in [4.69, 9.17) is 4.74 Å². The Balaban J connectivity index is 2.74. The average molecular weight is 170 g/mol. The van der Waals surface area contributed by atoms with Crippen molar-refractivity contribution in [3.8, 4) is 0 Å². The summed E-state index contributed by atoms with van der Waals surface area (Å²) in [7, 11) is 0. The molecule has 0 amide bonds. The smallest absolute Gasteiger partial charge is 0.176 e. The molecule has 1 aliphatic heterocycles. The van der Waals surface area contributed by atoms with Crippen LogP contribution in [0.15, 0.2) is 0 Å². The van der Waals surface area contributed by atoms with Crippen LogP contribution in [0.4, 0.5) is 0 Å². The highest BCUT2D eigenvalue weighted by Crippen LogP contribution is 2.26. The van der Waals surface area contributed by atoms with Crippen LogP contribution in [0.25, 0.3) is 0 Å². The number of ether oxygens (including phenoxy) is 1. The Morgan fingerprint density at radius 2 is 2.25 bits per heavy atom. The van der Waals surface area contributed by atoms with Gasteiger partial charge < -0.3 is 4.74 Å². The average Bonchev–Trinajstić information content (AvgIpc) is 2.27. The largest absolute Gasteiger partial charge is 0.367 e. The Labute approximate surface area is 72.1 Å². The number of rotatable bonds is 2. The van der Waals surface area contributed by atoms with E-state index in [9.17, 15) is 9.59 Å². The molecule has 0 bridgehead atoms. The summed E-state index contributed by atoms with van der Waals surface area (Å²) in [5.41, 5.74) is -0.754. The first-order valence-corrected chi connectivity index (χ1v) is 4.20. The van der Waals surface area contributed by atoms with Crippen molar-refractivity contribution >= 4 is 11.6 Å². The van der Waals surface area contributed by atoms with E-state index in [0.29, 0.717) is 6.42 Å². The van der Waals surface area contributed by atoms with Gasteiger partial charge in [-0.15, -0.1) is 0 Å². The summed E-state index contributed by atoms with van der Waals surface area (Å²) in [4.78, 5) is 22.7. The zero-order chi connectivity index (χ0) is 9.35. The molecule has 1 aliphatic rings. The minimum absolute atomic E-state index is 0.00873. The normalized spacial score (nSPS) is 27.6. The Kier molecular flexibility index (Phi) is 2.33. The quantitative estimate of drug-likeness (QED) is 0.580. The first-order chi connectivity index (χ1) is 5.49. The van der Waals surface area contributed by atoms with Crippen LogP contribution in [0, 0.1) is 5.92 Å². The van der Waals surface area contributed by atoms with Crippen LogP contribution >= 0.6 is 0 Å². The van der Waals surface area contributed by atoms with Crippen molar-refractivity contribution in [3.63, 3.8) is 0 Å². The van der Waals surface area contributed by atoms with Crippen molar-refractivity contribution < 1.29 is 14.3 Å². The van der Waals surface area contributed by atoms with Crippen molar-refractivity contribution in [1.29, 1.82) is 0 Å². The van der Waals surface area contributed by atoms with Gasteiger partial charge in [0.2, 0.25) is 0 Å². The van der Waals surface area contributed by atoms with Crippen molar-refractivity contribution in [2.45, 2.75) is 32.8 Å². The number of ketones is 2. The zero-order valence-electron chi connectivity index (χ0n) is 7.72. The highest BCUT2D eigenvalue weighted by molar-refractivity contribution is 6.07. The summed E-state index contributed by atoms with van der Waals surface area (Å²) < 4.78 is 5.22. The number of Topliss-reactive ketones (excluding diaryl/α,β-unsaturated/α-hetero) is 2. The van der Waals surface area contributed by atoms with Gasteiger partial charge in [0.25, 0.3) is 0 Å². The predicted molar refractivity (Wildman–Crippen MR) is 43.8 cm³/mol. The van der Waals surface area contributed by atoms with Gasteiger partial charge in [0.05, 0.1) is 6.61 Å². The lowest BCUT2D eigenvalue weighted by Crippen LogP contribution is -2.32. The fourth-order valence-electron chi connectivity index (χ4n) is 1.34. The first kappa shape index (κ1) is 9.39. The van der Waals surface area contributed by atoms with Gasteiger partial charge in [-0.05, 0) is 13.8 Å². The summed E-state index contributed by atoms with van der Waals surface area (Å²) in [6.07, 6.45) is 0.413. The summed E-state index contributed by atoms with van der Waals surface area (Å²) in [5, 5.41) is 0. The maximum absolute atomic E-state index is 11.5. The molecule has 1 saturated heterocycles. The lowest BCUT2D eigenvalue weighted by Gasteiger charge is -2.13. The molecule has 3 heteroatoms. The molecule has 0 radical (unpaired) electrons. The van der Waals surface area contributed by atoms with Crippen molar-refractivity contribution in [2.24, 2.45) is 5.92 Å². The van der Waals surface area contributed by atoms with E-state index in [1.54, 1.807) is 20.8 Å². The Bertz CT molecular complexity index is 218. The van der Waals surface area contributed by atoms with Crippen LogP contribution in [-0.2, 0) is 14.3 Å². The third-order valence-electron chi connectivity index (χ3n) is 2.26. The van der Waals surface area contributed by atoms with Crippen molar-refractivity contribution in [1.82, 2.24) is 0 Å². The molecule has 0 N–H and O–H groups in total. The van der Waals surface area contributed by atoms with Gasteiger partial charge in [0.1, 0.15) is 17.3 Å². The Hall–Kier alpha value is -0.700. The van der Waals surface area contributed by atoms with Gasteiger partial charge in [-0.2, -0.15) is 0 Å². The van der Waals surface area contributed by atoms with Crippen LogP contribution in [0.5, 0.6) is 0 Å². The summed E-state index contributed by atoms with van der Waals surface area (Å²) in [5.74, 6) is -0.593. The van der Waals surface area contributed by atoms with E-state index >= 15 is 0 Å². The molecule has 1 fully saturated rings. The maximum Gasteiger partial charge on any atom is 0.176 e. The molecule has 0 spiro atoms. The molecular weight excluding hydrogens is 156 g/mol. The molecule has 12 heavy (non-hydrogen) atoms. The predicted octanol–water partition coefficient (Wildman–Crippen LogP) is 0.960. The second-order valence-electron chi connectivity index (χ2n) is 3.56. The van der Waals surface area contributed by atoms with E-state index in [1.165, 1.54) is 0 Å². The SMILES string of the molecule is CCC(=O)C1COC(C)(C)C1=O. The number of hydrogen-bond acceptors (Lipinski definition) is 3. The highest BCUT2D eigenvalue weighted by Gasteiger charge is 2.44. The van der Waals surface area contributed by atoms with Crippen LogP contribution in [0.1, 0.15) is 27.2 Å². The van der Waals surface area contributed by atoms with Gasteiger partial charge in [-0.25, -0.2) is 0 Å². The third-order valence-corrected chi connectivity index (χ3v) is 2.26. The van der Waals surface area contributed by atoms with E-state index in [0.717, 1.165) is 0 Å². The third kappa shape index (κ3) is 1.41. The maximum atomic E-state index is 11.5. The minimum atomic E-state index is -0.754. The number of carbonyl (C=O) groups is 2. The molecule has 1 rings (SSSR count).